The molecule has 3 nitrogen and oxygen atoms in total. The molecule has 1 unspecified atom stereocenters. The number of nitrogens with zero attached hydrogens (tertiary/aromatic N) is 3. The van der Waals surface area contributed by atoms with Crippen LogP contribution in [0.3, 0.4) is 0 Å². The highest BCUT2D eigenvalue weighted by Gasteiger charge is 2.31. The molecule has 0 spiro atoms. The number of rotatable bonds is 2. The Kier molecular flexibility index (Phi) is 3.42. The van der Waals surface area contributed by atoms with Crippen LogP contribution in [-0.4, -0.2) is 20.7 Å². The molecule has 2 heterocycles. The zero-order chi connectivity index (χ0) is 13.5. The first kappa shape index (κ1) is 13.4. The molecule has 18 heavy (non-hydrogen) atoms. The van der Waals surface area contributed by atoms with Gasteiger partial charge in [-0.1, -0.05) is 11.6 Å². The first-order valence-corrected chi connectivity index (χ1v) is 5.82. The fourth-order valence-electron chi connectivity index (χ4n) is 1.64. The van der Waals surface area contributed by atoms with Crippen LogP contribution in [0.25, 0.3) is 11.2 Å². The number of fused-ring (bicyclic) bond motifs is 1. The number of imidazole rings is 1. The molecule has 0 radical (unpaired) electrons. The standard InChI is InChI=1S/C10H8Cl2F3N3/c1-5(11)8-17-7-2-6(12)3-16-9(7)18(8)4-10(13,14)15/h2-3,5H,4H2,1H3. The van der Waals surface area contributed by atoms with Crippen LogP contribution in [0, 0.1) is 0 Å². The summed E-state index contributed by atoms with van der Waals surface area (Å²) in [5.74, 6) is 0.124. The summed E-state index contributed by atoms with van der Waals surface area (Å²) in [5.41, 5.74) is 0.425. The molecule has 0 saturated carbocycles. The number of hydrogen-bond donors (Lipinski definition) is 0. The molecule has 0 aromatic carbocycles. The van der Waals surface area contributed by atoms with Crippen molar-refractivity contribution in [3.63, 3.8) is 0 Å². The molecule has 0 N–H and O–H groups in total. The molecule has 0 saturated heterocycles. The van der Waals surface area contributed by atoms with Crippen molar-refractivity contribution in [2.24, 2.45) is 0 Å². The highest BCUT2D eigenvalue weighted by Crippen LogP contribution is 2.28. The maximum atomic E-state index is 12.5. The molecule has 0 fully saturated rings. The van der Waals surface area contributed by atoms with Crippen molar-refractivity contribution in [2.75, 3.05) is 0 Å². The van der Waals surface area contributed by atoms with Crippen LogP contribution in [0.1, 0.15) is 18.1 Å². The highest BCUT2D eigenvalue weighted by atomic mass is 35.5. The minimum absolute atomic E-state index is 0.124. The topological polar surface area (TPSA) is 30.7 Å². The van der Waals surface area contributed by atoms with Gasteiger partial charge >= 0.3 is 6.18 Å². The van der Waals surface area contributed by atoms with E-state index in [9.17, 15) is 13.2 Å². The van der Waals surface area contributed by atoms with Crippen LogP contribution in [0.15, 0.2) is 12.3 Å². The van der Waals surface area contributed by atoms with Gasteiger partial charge in [0.05, 0.1) is 10.4 Å². The lowest BCUT2D eigenvalue weighted by Gasteiger charge is -2.12. The second-order valence-electron chi connectivity index (χ2n) is 3.78. The number of alkyl halides is 4. The molecule has 0 amide bonds. The van der Waals surface area contributed by atoms with Crippen LogP contribution in [0.4, 0.5) is 13.2 Å². The van der Waals surface area contributed by atoms with Crippen LogP contribution in [0.5, 0.6) is 0 Å². The molecular weight excluding hydrogens is 290 g/mol. The number of hydrogen-bond acceptors (Lipinski definition) is 2. The van der Waals surface area contributed by atoms with Gasteiger partial charge in [0, 0.05) is 6.20 Å². The lowest BCUT2D eigenvalue weighted by Crippen LogP contribution is -2.20. The van der Waals surface area contributed by atoms with E-state index in [-0.39, 0.29) is 11.5 Å². The van der Waals surface area contributed by atoms with Crippen molar-refractivity contribution >= 4 is 34.4 Å². The van der Waals surface area contributed by atoms with Gasteiger partial charge in [0.1, 0.15) is 17.9 Å². The molecule has 2 aromatic heterocycles. The highest BCUT2D eigenvalue weighted by molar-refractivity contribution is 6.31. The molecule has 0 aliphatic carbocycles. The van der Waals surface area contributed by atoms with Gasteiger partial charge in [-0.05, 0) is 13.0 Å². The van der Waals surface area contributed by atoms with Gasteiger partial charge in [0.15, 0.2) is 5.65 Å². The Morgan fingerprint density at radius 1 is 1.44 bits per heavy atom. The Bertz CT molecular complexity index is 577. The monoisotopic (exact) mass is 297 g/mol. The Labute approximate surface area is 111 Å². The van der Waals surface area contributed by atoms with Gasteiger partial charge in [-0.15, -0.1) is 11.6 Å². The predicted molar refractivity (Wildman–Crippen MR) is 62.9 cm³/mol. The summed E-state index contributed by atoms with van der Waals surface area (Å²) in [6, 6.07) is 1.46. The number of aromatic nitrogens is 3. The minimum Gasteiger partial charge on any atom is -0.302 e. The van der Waals surface area contributed by atoms with E-state index >= 15 is 0 Å². The quantitative estimate of drug-likeness (QED) is 0.786. The third-order valence-electron chi connectivity index (χ3n) is 2.27. The predicted octanol–water partition coefficient (Wildman–Crippen LogP) is 3.95. The molecule has 2 aromatic rings. The minimum atomic E-state index is -4.37. The van der Waals surface area contributed by atoms with Gasteiger partial charge in [0.25, 0.3) is 0 Å². The van der Waals surface area contributed by atoms with E-state index in [1.165, 1.54) is 12.3 Å². The SMILES string of the molecule is CC(Cl)c1nc2cc(Cl)cnc2n1CC(F)(F)F. The zero-order valence-electron chi connectivity index (χ0n) is 9.17. The van der Waals surface area contributed by atoms with Crippen molar-refractivity contribution < 1.29 is 13.2 Å². The smallest absolute Gasteiger partial charge is 0.302 e. The third-order valence-corrected chi connectivity index (χ3v) is 2.68. The van der Waals surface area contributed by atoms with E-state index in [1.54, 1.807) is 6.92 Å². The fourth-order valence-corrected chi connectivity index (χ4v) is 1.96. The maximum Gasteiger partial charge on any atom is 0.406 e. The first-order valence-electron chi connectivity index (χ1n) is 5.00. The number of pyridine rings is 1. The lowest BCUT2D eigenvalue weighted by atomic mass is 10.4. The molecular formula is C10H8Cl2F3N3. The molecule has 8 heteroatoms. The Hall–Kier alpha value is -1.01. The van der Waals surface area contributed by atoms with Crippen LogP contribution in [-0.2, 0) is 6.54 Å². The van der Waals surface area contributed by atoms with Gasteiger partial charge in [-0.2, -0.15) is 13.2 Å². The normalized spacial score (nSPS) is 14.1. The summed E-state index contributed by atoms with van der Waals surface area (Å²) in [6.45, 7) is 0.377. The van der Waals surface area contributed by atoms with Crippen LogP contribution in [0.2, 0.25) is 5.02 Å². The van der Waals surface area contributed by atoms with E-state index < -0.39 is 18.1 Å². The van der Waals surface area contributed by atoms with E-state index in [0.717, 1.165) is 4.57 Å². The Morgan fingerprint density at radius 2 is 2.11 bits per heavy atom. The summed E-state index contributed by atoms with van der Waals surface area (Å²) >= 11 is 11.6. The summed E-state index contributed by atoms with van der Waals surface area (Å²) in [5, 5.41) is -0.340. The van der Waals surface area contributed by atoms with Gasteiger partial charge in [-0.3, -0.25) is 0 Å². The average molecular weight is 298 g/mol. The second kappa shape index (κ2) is 4.59. The first-order chi connectivity index (χ1) is 8.28. The lowest BCUT2D eigenvalue weighted by molar-refractivity contribution is -0.140. The molecule has 0 aliphatic heterocycles. The summed E-state index contributed by atoms with van der Waals surface area (Å²) in [6.07, 6.45) is -3.09. The van der Waals surface area contributed by atoms with E-state index in [1.807, 2.05) is 0 Å². The van der Waals surface area contributed by atoms with Gasteiger partial charge < -0.3 is 4.57 Å². The maximum absolute atomic E-state index is 12.5. The van der Waals surface area contributed by atoms with Crippen molar-refractivity contribution in [2.45, 2.75) is 25.0 Å². The largest absolute Gasteiger partial charge is 0.406 e. The van der Waals surface area contributed by atoms with E-state index in [2.05, 4.69) is 9.97 Å². The van der Waals surface area contributed by atoms with Crippen molar-refractivity contribution in [3.05, 3.63) is 23.1 Å². The van der Waals surface area contributed by atoms with Crippen LogP contribution >= 0.6 is 23.2 Å². The third kappa shape index (κ3) is 2.70. The molecule has 0 aliphatic rings. The zero-order valence-corrected chi connectivity index (χ0v) is 10.7. The van der Waals surface area contributed by atoms with E-state index in [4.69, 9.17) is 23.2 Å². The van der Waals surface area contributed by atoms with Crippen LogP contribution < -0.4 is 0 Å². The van der Waals surface area contributed by atoms with Crippen molar-refractivity contribution in [1.82, 2.24) is 14.5 Å². The molecule has 1 atom stereocenters. The molecule has 0 bridgehead atoms. The van der Waals surface area contributed by atoms with E-state index in [0.29, 0.717) is 10.5 Å². The molecule has 2 rings (SSSR count). The fraction of sp³-hybridized carbons (Fsp3) is 0.400. The number of halogens is 5. The average Bonchev–Trinajstić information content (AvgIpc) is 2.54. The summed E-state index contributed by atoms with van der Waals surface area (Å²) in [7, 11) is 0. The van der Waals surface area contributed by atoms with Gasteiger partial charge in [0.2, 0.25) is 0 Å². The van der Waals surface area contributed by atoms with Crippen molar-refractivity contribution in [3.8, 4) is 0 Å². The summed E-state index contributed by atoms with van der Waals surface area (Å²) < 4.78 is 38.5. The summed E-state index contributed by atoms with van der Waals surface area (Å²) in [4.78, 5) is 7.92. The molecule has 98 valence electrons. The second-order valence-corrected chi connectivity index (χ2v) is 4.87. The van der Waals surface area contributed by atoms with Gasteiger partial charge in [-0.25, -0.2) is 9.97 Å². The Morgan fingerprint density at radius 3 is 2.67 bits per heavy atom. The Balaban J connectivity index is 2.63. The van der Waals surface area contributed by atoms with Crippen molar-refractivity contribution in [1.29, 1.82) is 0 Å².